The lowest BCUT2D eigenvalue weighted by molar-refractivity contribution is -0.132. The van der Waals surface area contributed by atoms with E-state index in [1.807, 2.05) is 0 Å². The third-order valence-electron chi connectivity index (χ3n) is 14.8. The highest BCUT2D eigenvalue weighted by atomic mass is 16.3. The molecule has 396 valence electrons. The second kappa shape index (κ2) is 55.2. The Morgan fingerprint density at radius 1 is 0.318 bits per heavy atom. The maximum atomic E-state index is 12.6. The van der Waals surface area contributed by atoms with Crippen molar-refractivity contribution in [3.05, 3.63) is 0 Å². The lowest BCUT2D eigenvalue weighted by atomic mass is 9.99. The predicted octanol–water partition coefficient (Wildman–Crippen LogP) is 17.9. The normalized spacial score (nSPS) is 13.6. The SMILES string of the molecule is CCCCCCCCCCCCCCCCCCCCCCCCCCCCCCCCCCCCC(O)C(=O)NC(CO)C(O)C(O)CCCCCCCCCCCCCCCCCC. The van der Waals surface area contributed by atoms with E-state index in [4.69, 9.17) is 0 Å². The molecule has 0 aromatic rings. The van der Waals surface area contributed by atoms with Crippen LogP contribution in [0.4, 0.5) is 0 Å². The highest BCUT2D eigenvalue weighted by molar-refractivity contribution is 5.80. The molecule has 0 saturated carbocycles. The third-order valence-corrected chi connectivity index (χ3v) is 14.8. The Kier molecular flexibility index (Phi) is 54.7. The van der Waals surface area contributed by atoms with Gasteiger partial charge < -0.3 is 25.7 Å². The number of unbranched alkanes of at least 4 members (excludes halogenated alkanes) is 48. The number of amides is 1. The van der Waals surface area contributed by atoms with Gasteiger partial charge in [0.05, 0.1) is 18.8 Å². The number of aliphatic hydroxyl groups is 4. The molecule has 0 heterocycles. The summed E-state index contributed by atoms with van der Waals surface area (Å²) < 4.78 is 0. The van der Waals surface area contributed by atoms with Crippen LogP contribution in [0.25, 0.3) is 0 Å². The molecule has 0 aromatic carbocycles. The highest BCUT2D eigenvalue weighted by Gasteiger charge is 2.28. The van der Waals surface area contributed by atoms with Crippen LogP contribution in [0, 0.1) is 0 Å². The van der Waals surface area contributed by atoms with Crippen LogP contribution in [0.5, 0.6) is 0 Å². The standard InChI is InChI=1S/C60H121NO5/c1-3-5-7-9-11-13-15-17-19-21-22-23-24-25-26-27-28-29-30-31-32-33-34-35-36-37-38-40-42-44-46-48-50-52-54-58(64)60(66)61-56(55-62)59(65)57(63)53-51-49-47-45-43-41-39-20-18-16-14-12-10-8-6-4-2/h56-59,62-65H,3-55H2,1-2H3,(H,61,66). The average Bonchev–Trinajstić information content (AvgIpc) is 3.32. The Hall–Kier alpha value is -0.690. The predicted molar refractivity (Wildman–Crippen MR) is 288 cm³/mol. The zero-order valence-corrected chi connectivity index (χ0v) is 45.0. The van der Waals surface area contributed by atoms with Crippen LogP contribution in [0.3, 0.4) is 0 Å². The van der Waals surface area contributed by atoms with E-state index in [0.717, 1.165) is 38.5 Å². The highest BCUT2D eigenvalue weighted by Crippen LogP contribution is 2.19. The van der Waals surface area contributed by atoms with Crippen molar-refractivity contribution >= 4 is 5.91 Å². The van der Waals surface area contributed by atoms with Crippen molar-refractivity contribution in [2.24, 2.45) is 0 Å². The molecule has 1 amide bonds. The van der Waals surface area contributed by atoms with Crippen molar-refractivity contribution in [2.75, 3.05) is 6.61 Å². The smallest absolute Gasteiger partial charge is 0.249 e. The Bertz CT molecular complexity index is 917. The van der Waals surface area contributed by atoms with Gasteiger partial charge in [-0.15, -0.1) is 0 Å². The fraction of sp³-hybridized carbons (Fsp3) is 0.983. The molecule has 4 unspecified atom stereocenters. The molecule has 0 spiro atoms. The number of nitrogens with one attached hydrogen (secondary N) is 1. The Morgan fingerprint density at radius 3 is 0.727 bits per heavy atom. The summed E-state index contributed by atoms with van der Waals surface area (Å²) in [5, 5.41) is 44.0. The van der Waals surface area contributed by atoms with Crippen LogP contribution >= 0.6 is 0 Å². The van der Waals surface area contributed by atoms with Gasteiger partial charge in [0.2, 0.25) is 5.91 Å². The van der Waals surface area contributed by atoms with Gasteiger partial charge in [0.1, 0.15) is 12.2 Å². The third kappa shape index (κ3) is 48.3. The molecule has 0 radical (unpaired) electrons. The van der Waals surface area contributed by atoms with Crippen molar-refractivity contribution in [1.82, 2.24) is 5.32 Å². The van der Waals surface area contributed by atoms with Crippen LogP contribution in [0.15, 0.2) is 0 Å². The molecule has 0 aromatic heterocycles. The van der Waals surface area contributed by atoms with E-state index in [9.17, 15) is 25.2 Å². The second-order valence-electron chi connectivity index (χ2n) is 21.4. The van der Waals surface area contributed by atoms with E-state index in [1.165, 1.54) is 283 Å². The molecule has 4 atom stereocenters. The minimum Gasteiger partial charge on any atom is -0.394 e. The van der Waals surface area contributed by atoms with Gasteiger partial charge in [0.25, 0.3) is 0 Å². The van der Waals surface area contributed by atoms with Crippen molar-refractivity contribution in [1.29, 1.82) is 0 Å². The first-order chi connectivity index (χ1) is 32.5. The summed E-state index contributed by atoms with van der Waals surface area (Å²) in [6.45, 7) is 4.10. The van der Waals surface area contributed by atoms with Crippen LogP contribution in [-0.4, -0.2) is 57.3 Å². The summed E-state index contributed by atoms with van der Waals surface area (Å²) in [4.78, 5) is 12.6. The van der Waals surface area contributed by atoms with E-state index in [-0.39, 0.29) is 0 Å². The van der Waals surface area contributed by atoms with Crippen molar-refractivity contribution in [3.8, 4) is 0 Å². The Balaban J connectivity index is 3.49. The lowest BCUT2D eigenvalue weighted by Crippen LogP contribution is -2.53. The summed E-state index contributed by atoms with van der Waals surface area (Å²) >= 11 is 0. The molecule has 6 nitrogen and oxygen atoms in total. The largest absolute Gasteiger partial charge is 0.394 e. The van der Waals surface area contributed by atoms with Gasteiger partial charge in [-0.05, 0) is 12.8 Å². The minimum absolute atomic E-state index is 0.376. The van der Waals surface area contributed by atoms with Crippen LogP contribution < -0.4 is 5.32 Å². The molecule has 66 heavy (non-hydrogen) atoms. The summed E-state index contributed by atoms with van der Waals surface area (Å²) in [7, 11) is 0. The minimum atomic E-state index is -1.25. The molecule has 0 saturated heterocycles. The molecule has 0 rings (SSSR count). The molecule has 5 N–H and O–H groups in total. The van der Waals surface area contributed by atoms with Crippen molar-refractivity contribution in [3.63, 3.8) is 0 Å². The summed E-state index contributed by atoms with van der Waals surface area (Å²) in [6.07, 6.45) is 64.9. The molecule has 0 fully saturated rings. The van der Waals surface area contributed by atoms with Crippen LogP contribution in [-0.2, 0) is 4.79 Å². The summed E-state index contributed by atoms with van der Waals surface area (Å²) in [5.41, 5.74) is 0. The fourth-order valence-electron chi connectivity index (χ4n) is 10.1. The quantitative estimate of drug-likeness (QED) is 0.0390. The van der Waals surface area contributed by atoms with Crippen molar-refractivity contribution in [2.45, 2.75) is 372 Å². The van der Waals surface area contributed by atoms with Gasteiger partial charge in [-0.3, -0.25) is 4.79 Å². The first-order valence-corrected chi connectivity index (χ1v) is 30.4. The van der Waals surface area contributed by atoms with Gasteiger partial charge in [-0.2, -0.15) is 0 Å². The molecule has 0 aliphatic heterocycles. The van der Waals surface area contributed by atoms with E-state index in [0.29, 0.717) is 12.8 Å². The van der Waals surface area contributed by atoms with E-state index >= 15 is 0 Å². The number of hydrogen-bond acceptors (Lipinski definition) is 5. The zero-order chi connectivity index (χ0) is 48.1. The van der Waals surface area contributed by atoms with E-state index < -0.39 is 36.9 Å². The summed E-state index contributed by atoms with van der Waals surface area (Å²) in [5.74, 6) is -0.575. The van der Waals surface area contributed by atoms with Gasteiger partial charge >= 0.3 is 0 Å². The van der Waals surface area contributed by atoms with E-state index in [2.05, 4.69) is 19.2 Å². The first kappa shape index (κ1) is 65.3. The first-order valence-electron chi connectivity index (χ1n) is 30.4. The van der Waals surface area contributed by atoms with Crippen LogP contribution in [0.2, 0.25) is 0 Å². The lowest BCUT2D eigenvalue weighted by Gasteiger charge is -2.27. The maximum absolute atomic E-state index is 12.6. The fourth-order valence-corrected chi connectivity index (χ4v) is 10.1. The van der Waals surface area contributed by atoms with Gasteiger partial charge in [-0.25, -0.2) is 0 Å². The number of hydrogen-bond donors (Lipinski definition) is 5. The van der Waals surface area contributed by atoms with Gasteiger partial charge in [-0.1, -0.05) is 335 Å². The Labute approximate surface area is 413 Å². The van der Waals surface area contributed by atoms with Crippen LogP contribution in [0.1, 0.15) is 348 Å². The molecule has 0 aliphatic rings. The molecule has 0 aliphatic carbocycles. The topological polar surface area (TPSA) is 110 Å². The molecular formula is C60H121NO5. The summed E-state index contributed by atoms with van der Waals surface area (Å²) in [6, 6.07) is -0.980. The number of carbonyl (C=O) groups excluding carboxylic acids is 1. The Morgan fingerprint density at radius 2 is 0.515 bits per heavy atom. The number of aliphatic hydroxyl groups excluding tert-OH is 4. The zero-order valence-electron chi connectivity index (χ0n) is 45.0. The van der Waals surface area contributed by atoms with E-state index in [1.54, 1.807) is 0 Å². The molecule has 0 bridgehead atoms. The monoisotopic (exact) mass is 936 g/mol. The maximum Gasteiger partial charge on any atom is 0.249 e. The second-order valence-corrected chi connectivity index (χ2v) is 21.4. The average molecular weight is 937 g/mol. The number of carbonyl (C=O) groups is 1. The molecule has 6 heteroatoms. The van der Waals surface area contributed by atoms with Gasteiger partial charge in [0, 0.05) is 0 Å². The van der Waals surface area contributed by atoms with Gasteiger partial charge in [0.15, 0.2) is 0 Å². The van der Waals surface area contributed by atoms with Crippen molar-refractivity contribution < 1.29 is 25.2 Å². The molecular weight excluding hydrogens is 815 g/mol. The number of rotatable bonds is 57.